The van der Waals surface area contributed by atoms with E-state index >= 15 is 0 Å². The number of nitrogens with zero attached hydrogens (tertiary/aromatic N) is 2. The number of ether oxygens (including phenoxy) is 1. The van der Waals surface area contributed by atoms with Gasteiger partial charge in [-0.2, -0.15) is 0 Å². The van der Waals surface area contributed by atoms with E-state index in [1.165, 1.54) is 25.7 Å². The molecule has 2 heterocycles. The van der Waals surface area contributed by atoms with Crippen LogP contribution in [-0.2, 0) is 4.74 Å². The largest absolute Gasteiger partial charge is 0.375 e. The van der Waals surface area contributed by atoms with Crippen molar-refractivity contribution in [2.45, 2.75) is 43.9 Å². The summed E-state index contributed by atoms with van der Waals surface area (Å²) in [6, 6.07) is 6.85. The van der Waals surface area contributed by atoms with E-state index in [9.17, 15) is 0 Å². The van der Waals surface area contributed by atoms with E-state index < -0.39 is 0 Å². The second-order valence-corrected chi connectivity index (χ2v) is 5.50. The topological polar surface area (TPSA) is 51.4 Å². The first-order chi connectivity index (χ1) is 9.40. The van der Waals surface area contributed by atoms with Gasteiger partial charge in [0.1, 0.15) is 0 Å². The number of rotatable bonds is 3. The lowest BCUT2D eigenvalue weighted by molar-refractivity contribution is -0.102. The van der Waals surface area contributed by atoms with Gasteiger partial charge < -0.3 is 10.5 Å². The summed E-state index contributed by atoms with van der Waals surface area (Å²) in [7, 11) is 0. The molecule has 1 saturated heterocycles. The molecule has 19 heavy (non-hydrogen) atoms. The summed E-state index contributed by atoms with van der Waals surface area (Å²) in [6.45, 7) is 2.42. The maximum absolute atomic E-state index is 6.03. The standard InChI is InChI=1S/C15H23N3O/c16-11-14(12-5-3-4-8-17-12)18-9-10-19-15-7-2-1-6-13(15)18/h3-5,8,13-15H,1-2,6-7,9-11,16H2. The van der Waals surface area contributed by atoms with Gasteiger partial charge in [0.15, 0.2) is 0 Å². The highest BCUT2D eigenvalue weighted by atomic mass is 16.5. The predicted molar refractivity (Wildman–Crippen MR) is 74.7 cm³/mol. The van der Waals surface area contributed by atoms with Gasteiger partial charge in [-0.25, -0.2) is 0 Å². The summed E-state index contributed by atoms with van der Waals surface area (Å²) in [5.74, 6) is 0. The quantitative estimate of drug-likeness (QED) is 0.900. The van der Waals surface area contributed by atoms with Crippen LogP contribution in [0, 0.1) is 0 Å². The zero-order valence-corrected chi connectivity index (χ0v) is 11.4. The molecule has 3 unspecified atom stereocenters. The van der Waals surface area contributed by atoms with Crippen LogP contribution in [0.1, 0.15) is 37.4 Å². The van der Waals surface area contributed by atoms with Crippen molar-refractivity contribution < 1.29 is 4.74 Å². The van der Waals surface area contributed by atoms with Crippen LogP contribution in [0.25, 0.3) is 0 Å². The van der Waals surface area contributed by atoms with Crippen LogP contribution in [0.2, 0.25) is 0 Å². The Kier molecular flexibility index (Phi) is 4.11. The second-order valence-electron chi connectivity index (χ2n) is 5.50. The molecule has 0 amide bonds. The smallest absolute Gasteiger partial charge is 0.0731 e. The Labute approximate surface area is 115 Å². The number of hydrogen-bond acceptors (Lipinski definition) is 4. The molecule has 1 aliphatic heterocycles. The fraction of sp³-hybridized carbons (Fsp3) is 0.667. The average molecular weight is 261 g/mol. The lowest BCUT2D eigenvalue weighted by Gasteiger charge is -2.46. The van der Waals surface area contributed by atoms with Gasteiger partial charge in [0.05, 0.1) is 24.4 Å². The van der Waals surface area contributed by atoms with Crippen LogP contribution < -0.4 is 5.73 Å². The minimum absolute atomic E-state index is 0.232. The molecule has 2 N–H and O–H groups in total. The third-order valence-electron chi connectivity index (χ3n) is 4.43. The van der Waals surface area contributed by atoms with E-state index in [1.54, 1.807) is 0 Å². The molecule has 3 rings (SSSR count). The Balaban J connectivity index is 1.81. The van der Waals surface area contributed by atoms with E-state index in [0.717, 1.165) is 18.8 Å². The molecule has 2 aliphatic rings. The van der Waals surface area contributed by atoms with Crippen molar-refractivity contribution in [3.05, 3.63) is 30.1 Å². The van der Waals surface area contributed by atoms with Gasteiger partial charge in [-0.3, -0.25) is 9.88 Å². The van der Waals surface area contributed by atoms with Gasteiger partial charge in [0.2, 0.25) is 0 Å². The minimum Gasteiger partial charge on any atom is -0.375 e. The second kappa shape index (κ2) is 5.99. The highest BCUT2D eigenvalue weighted by Crippen LogP contribution is 2.33. The van der Waals surface area contributed by atoms with Crippen molar-refractivity contribution in [2.24, 2.45) is 5.73 Å². The Morgan fingerprint density at radius 3 is 3.05 bits per heavy atom. The highest BCUT2D eigenvalue weighted by Gasteiger charge is 2.37. The molecule has 0 radical (unpaired) electrons. The lowest BCUT2D eigenvalue weighted by atomic mass is 9.88. The van der Waals surface area contributed by atoms with Gasteiger partial charge in [-0.05, 0) is 25.0 Å². The third kappa shape index (κ3) is 2.66. The third-order valence-corrected chi connectivity index (χ3v) is 4.43. The molecule has 0 spiro atoms. The van der Waals surface area contributed by atoms with E-state index in [4.69, 9.17) is 10.5 Å². The molecule has 1 aromatic rings. The fourth-order valence-electron chi connectivity index (χ4n) is 3.51. The van der Waals surface area contributed by atoms with Gasteiger partial charge in [-0.1, -0.05) is 18.9 Å². The van der Waals surface area contributed by atoms with Gasteiger partial charge >= 0.3 is 0 Å². The summed E-state index contributed by atoms with van der Waals surface area (Å²) in [4.78, 5) is 7.04. The Hall–Kier alpha value is -0.970. The van der Waals surface area contributed by atoms with Crippen LogP contribution in [0.15, 0.2) is 24.4 Å². The van der Waals surface area contributed by atoms with E-state index in [2.05, 4.69) is 16.0 Å². The normalized spacial score (nSPS) is 29.7. The molecule has 1 saturated carbocycles. The molecule has 4 nitrogen and oxygen atoms in total. The van der Waals surface area contributed by atoms with Gasteiger partial charge in [0, 0.05) is 25.3 Å². The van der Waals surface area contributed by atoms with E-state index in [1.807, 2.05) is 18.3 Å². The van der Waals surface area contributed by atoms with Crippen molar-refractivity contribution in [1.29, 1.82) is 0 Å². The monoisotopic (exact) mass is 261 g/mol. The number of aromatic nitrogens is 1. The van der Waals surface area contributed by atoms with Crippen molar-refractivity contribution in [3.63, 3.8) is 0 Å². The first-order valence-corrected chi connectivity index (χ1v) is 7.38. The zero-order chi connectivity index (χ0) is 13.1. The maximum atomic E-state index is 6.03. The minimum atomic E-state index is 0.232. The van der Waals surface area contributed by atoms with E-state index in [-0.39, 0.29) is 6.04 Å². The van der Waals surface area contributed by atoms with E-state index in [0.29, 0.717) is 18.7 Å². The predicted octanol–water partition coefficient (Wildman–Crippen LogP) is 1.72. The lowest BCUT2D eigenvalue weighted by Crippen LogP contribution is -2.55. The molecule has 2 fully saturated rings. The molecule has 0 aromatic carbocycles. The van der Waals surface area contributed by atoms with Crippen molar-refractivity contribution in [2.75, 3.05) is 19.7 Å². The van der Waals surface area contributed by atoms with Crippen LogP contribution in [0.5, 0.6) is 0 Å². The Bertz CT molecular complexity index is 396. The number of fused-ring (bicyclic) bond motifs is 1. The molecular weight excluding hydrogens is 238 g/mol. The molecule has 1 aliphatic carbocycles. The first-order valence-electron chi connectivity index (χ1n) is 7.38. The molecule has 104 valence electrons. The number of pyridine rings is 1. The molecule has 0 bridgehead atoms. The van der Waals surface area contributed by atoms with Crippen molar-refractivity contribution in [1.82, 2.24) is 9.88 Å². The summed E-state index contributed by atoms with van der Waals surface area (Å²) < 4.78 is 5.94. The fourth-order valence-corrected chi connectivity index (χ4v) is 3.51. The van der Waals surface area contributed by atoms with Crippen molar-refractivity contribution >= 4 is 0 Å². The SMILES string of the molecule is NCC(c1ccccn1)N1CCOC2CCCCC21. The number of nitrogens with two attached hydrogens (primary N) is 1. The zero-order valence-electron chi connectivity index (χ0n) is 11.4. The van der Waals surface area contributed by atoms with Crippen LogP contribution >= 0.6 is 0 Å². The van der Waals surface area contributed by atoms with Crippen molar-refractivity contribution in [3.8, 4) is 0 Å². The van der Waals surface area contributed by atoms with Crippen LogP contribution in [-0.4, -0.2) is 41.7 Å². The summed E-state index contributed by atoms with van der Waals surface area (Å²) in [5, 5.41) is 0. The number of morpholine rings is 1. The summed E-state index contributed by atoms with van der Waals surface area (Å²) in [6.07, 6.45) is 7.29. The maximum Gasteiger partial charge on any atom is 0.0731 e. The summed E-state index contributed by atoms with van der Waals surface area (Å²) >= 11 is 0. The highest BCUT2D eigenvalue weighted by molar-refractivity contribution is 5.11. The first kappa shape index (κ1) is 13.0. The van der Waals surface area contributed by atoms with Gasteiger partial charge in [-0.15, -0.1) is 0 Å². The summed E-state index contributed by atoms with van der Waals surface area (Å²) in [5.41, 5.74) is 7.13. The number of hydrogen-bond donors (Lipinski definition) is 1. The van der Waals surface area contributed by atoms with Crippen LogP contribution in [0.3, 0.4) is 0 Å². The molecule has 3 atom stereocenters. The van der Waals surface area contributed by atoms with Gasteiger partial charge in [0.25, 0.3) is 0 Å². The molecule has 1 aromatic heterocycles. The van der Waals surface area contributed by atoms with Crippen LogP contribution in [0.4, 0.5) is 0 Å². The Morgan fingerprint density at radius 2 is 2.26 bits per heavy atom. The Morgan fingerprint density at radius 1 is 1.37 bits per heavy atom. The average Bonchev–Trinajstić information content (AvgIpc) is 2.49. The molecule has 4 heteroatoms. The molecular formula is C15H23N3O.